The van der Waals surface area contributed by atoms with E-state index >= 15 is 0 Å². The minimum atomic E-state index is -0.590. The van der Waals surface area contributed by atoms with E-state index in [1.165, 1.54) is 24.0 Å². The summed E-state index contributed by atoms with van der Waals surface area (Å²) in [5.74, 6) is 0.682. The van der Waals surface area contributed by atoms with Crippen molar-refractivity contribution in [2.45, 2.75) is 105 Å². The highest BCUT2D eigenvalue weighted by molar-refractivity contribution is 5.77. The van der Waals surface area contributed by atoms with Gasteiger partial charge in [0.2, 0.25) is 0 Å². The van der Waals surface area contributed by atoms with Crippen LogP contribution in [-0.2, 0) is 4.79 Å². The molecule has 3 heteroatoms. The summed E-state index contributed by atoms with van der Waals surface area (Å²) < 4.78 is 0. The second kappa shape index (κ2) is 6.74. The van der Waals surface area contributed by atoms with Gasteiger partial charge in [-0.25, -0.2) is 0 Å². The van der Waals surface area contributed by atoms with Gasteiger partial charge in [0.15, 0.2) is 0 Å². The molecule has 0 aliphatic heterocycles. The van der Waals surface area contributed by atoms with Crippen molar-refractivity contribution in [2.75, 3.05) is 0 Å². The third kappa shape index (κ3) is 2.55. The maximum absolute atomic E-state index is 12.6. The molecule has 0 spiro atoms. The number of rotatable bonds is 1. The number of hydrogen-bond acceptors (Lipinski definition) is 2. The molecule has 3 nitrogen and oxygen atoms in total. The number of aliphatic hydroxyl groups is 1. The number of aliphatic carboxylic acids is 1. The van der Waals surface area contributed by atoms with Gasteiger partial charge in [0.25, 0.3) is 0 Å². The molecule has 0 radical (unpaired) electrons. The first kappa shape index (κ1) is 22.7. The highest BCUT2D eigenvalue weighted by atomic mass is 16.4. The van der Waals surface area contributed by atoms with Gasteiger partial charge < -0.3 is 10.2 Å². The van der Waals surface area contributed by atoms with E-state index in [1.807, 2.05) is 0 Å². The van der Waals surface area contributed by atoms with E-state index in [0.717, 1.165) is 51.4 Å². The van der Waals surface area contributed by atoms with Crippen LogP contribution in [0.15, 0.2) is 23.8 Å². The molecule has 0 amide bonds. The highest BCUT2D eigenvalue weighted by Gasteiger charge is 2.68. The fraction of sp³-hybridized carbons (Fsp3) is 0.828. The lowest BCUT2D eigenvalue weighted by Gasteiger charge is -2.70. The lowest BCUT2D eigenvalue weighted by atomic mass is 9.34. The lowest BCUT2D eigenvalue weighted by molar-refractivity contribution is -0.203. The van der Waals surface area contributed by atoms with E-state index in [-0.39, 0.29) is 33.7 Å². The van der Waals surface area contributed by atoms with Gasteiger partial charge in [0.05, 0.1) is 11.5 Å². The first-order valence-corrected chi connectivity index (χ1v) is 13.1. The zero-order valence-electron chi connectivity index (χ0n) is 21.0. The summed E-state index contributed by atoms with van der Waals surface area (Å²) in [6.45, 7) is 16.5. The molecule has 0 heterocycles. The van der Waals surface area contributed by atoms with Crippen LogP contribution in [0.1, 0.15) is 98.8 Å². The first-order chi connectivity index (χ1) is 14.8. The van der Waals surface area contributed by atoms with E-state index in [4.69, 9.17) is 0 Å². The number of fused-ring (bicyclic) bond motifs is 7. The van der Waals surface area contributed by atoms with Gasteiger partial charge in [-0.1, -0.05) is 58.4 Å². The van der Waals surface area contributed by atoms with Crippen molar-refractivity contribution in [3.05, 3.63) is 23.8 Å². The average molecular weight is 441 g/mol. The first-order valence-electron chi connectivity index (χ1n) is 13.1. The zero-order valence-corrected chi connectivity index (χ0v) is 21.0. The molecule has 8 atom stereocenters. The molecule has 178 valence electrons. The molecular weight excluding hydrogens is 396 g/mol. The van der Waals surface area contributed by atoms with Crippen LogP contribution in [0.5, 0.6) is 0 Å². The van der Waals surface area contributed by atoms with Crippen LogP contribution in [0, 0.1) is 44.8 Å². The number of aliphatic hydroxyl groups excluding tert-OH is 1. The van der Waals surface area contributed by atoms with Crippen LogP contribution in [0.4, 0.5) is 0 Å². The molecule has 32 heavy (non-hydrogen) atoms. The van der Waals surface area contributed by atoms with Gasteiger partial charge >= 0.3 is 5.97 Å². The summed E-state index contributed by atoms with van der Waals surface area (Å²) in [6, 6.07) is 0. The quantitative estimate of drug-likeness (QED) is 0.443. The Morgan fingerprint density at radius 1 is 1.00 bits per heavy atom. The Morgan fingerprint density at radius 2 is 1.72 bits per heavy atom. The molecule has 0 aromatic carbocycles. The maximum atomic E-state index is 12.6. The van der Waals surface area contributed by atoms with Gasteiger partial charge in [-0.2, -0.15) is 0 Å². The minimum absolute atomic E-state index is 0.0363. The van der Waals surface area contributed by atoms with E-state index in [2.05, 4.69) is 47.3 Å². The fourth-order valence-electron chi connectivity index (χ4n) is 10.2. The number of allylic oxidation sites excluding steroid dienone is 3. The SMILES string of the molecule is C=C1CC[C@]2(C(=O)O)CC[C@]3(C)C(=CC[C@H]4[C@@]5(C)CC[C@H](O)C(C)(C)[C@H]5CC[C@]43C)[C@@H]2C1. The summed E-state index contributed by atoms with van der Waals surface area (Å²) in [7, 11) is 0. The van der Waals surface area contributed by atoms with Gasteiger partial charge in [-0.05, 0) is 97.7 Å². The van der Waals surface area contributed by atoms with Gasteiger partial charge in [-0.15, -0.1) is 0 Å². The molecule has 0 unspecified atom stereocenters. The molecule has 0 aromatic rings. The molecule has 5 rings (SSSR count). The van der Waals surface area contributed by atoms with Gasteiger partial charge in [-0.3, -0.25) is 4.79 Å². The molecule has 2 N–H and O–H groups in total. The van der Waals surface area contributed by atoms with Gasteiger partial charge in [0.1, 0.15) is 0 Å². The van der Waals surface area contributed by atoms with Crippen LogP contribution < -0.4 is 0 Å². The number of carboxylic acids is 1. The zero-order chi connectivity index (χ0) is 23.3. The topological polar surface area (TPSA) is 57.5 Å². The molecule has 0 saturated heterocycles. The predicted molar refractivity (Wildman–Crippen MR) is 128 cm³/mol. The Balaban J connectivity index is 1.60. The molecular formula is C29H44O3. The summed E-state index contributed by atoms with van der Waals surface area (Å²) in [4.78, 5) is 12.6. The average Bonchev–Trinajstić information content (AvgIpc) is 2.71. The van der Waals surface area contributed by atoms with Crippen LogP contribution in [-0.4, -0.2) is 22.3 Å². The summed E-state index contributed by atoms with van der Waals surface area (Å²) >= 11 is 0. The molecule has 4 saturated carbocycles. The van der Waals surface area contributed by atoms with Crippen LogP contribution in [0.25, 0.3) is 0 Å². The molecule has 0 aromatic heterocycles. The fourth-order valence-corrected chi connectivity index (χ4v) is 10.2. The van der Waals surface area contributed by atoms with E-state index in [0.29, 0.717) is 11.8 Å². The van der Waals surface area contributed by atoms with Crippen LogP contribution in [0.2, 0.25) is 0 Å². The van der Waals surface area contributed by atoms with Crippen LogP contribution >= 0.6 is 0 Å². The predicted octanol–water partition coefficient (Wildman–Crippen LogP) is 6.76. The largest absolute Gasteiger partial charge is 0.481 e. The molecule has 4 fully saturated rings. The standard InChI is InChI=1S/C29H44O3/c1-18-9-14-29(24(31)32)16-15-27(5)19(20(29)17-18)7-8-22-26(4)12-11-23(30)25(2,3)21(26)10-13-28(22,27)6/h7,20-23,30H,1,8-17H2,2-6H3,(H,31,32)/t20-,21+,22-,23-,26-,27+,28+,29-/m0/s1. The Bertz CT molecular complexity index is 885. The number of hydrogen-bond donors (Lipinski definition) is 2. The van der Waals surface area contributed by atoms with E-state index in [9.17, 15) is 15.0 Å². The van der Waals surface area contributed by atoms with Crippen molar-refractivity contribution in [2.24, 2.45) is 44.8 Å². The Morgan fingerprint density at radius 3 is 2.41 bits per heavy atom. The molecule has 5 aliphatic carbocycles. The lowest BCUT2D eigenvalue weighted by Crippen LogP contribution is -2.64. The summed E-state index contributed by atoms with van der Waals surface area (Å²) in [5, 5.41) is 21.2. The second-order valence-corrected chi connectivity index (χ2v) is 13.6. The second-order valence-electron chi connectivity index (χ2n) is 13.6. The molecule has 0 bridgehead atoms. The normalized spacial score (nSPS) is 52.1. The van der Waals surface area contributed by atoms with Crippen molar-refractivity contribution < 1.29 is 15.0 Å². The van der Waals surface area contributed by atoms with E-state index in [1.54, 1.807) is 0 Å². The summed E-state index contributed by atoms with van der Waals surface area (Å²) in [6.07, 6.45) is 12.0. The maximum Gasteiger partial charge on any atom is 0.310 e. The monoisotopic (exact) mass is 440 g/mol. The van der Waals surface area contributed by atoms with Crippen molar-refractivity contribution in [3.8, 4) is 0 Å². The van der Waals surface area contributed by atoms with Crippen molar-refractivity contribution in [1.82, 2.24) is 0 Å². The third-order valence-corrected chi connectivity index (χ3v) is 12.5. The third-order valence-electron chi connectivity index (χ3n) is 12.5. The number of carboxylic acid groups (broad SMARTS) is 1. The summed E-state index contributed by atoms with van der Waals surface area (Å²) in [5.41, 5.74) is 2.55. The Labute approximate surface area is 194 Å². The van der Waals surface area contributed by atoms with Crippen molar-refractivity contribution in [1.29, 1.82) is 0 Å². The Kier molecular flexibility index (Phi) is 4.78. The highest BCUT2D eigenvalue weighted by Crippen LogP contribution is 2.75. The van der Waals surface area contributed by atoms with Crippen molar-refractivity contribution >= 4 is 5.97 Å². The van der Waals surface area contributed by atoms with Crippen LogP contribution in [0.3, 0.4) is 0 Å². The van der Waals surface area contributed by atoms with E-state index < -0.39 is 11.4 Å². The van der Waals surface area contributed by atoms with Gasteiger partial charge in [0, 0.05) is 5.92 Å². The Hall–Kier alpha value is -1.09. The van der Waals surface area contributed by atoms with Crippen molar-refractivity contribution in [3.63, 3.8) is 0 Å². The minimum Gasteiger partial charge on any atom is -0.481 e. The smallest absolute Gasteiger partial charge is 0.310 e. The number of carbonyl (C=O) groups is 1. The molecule has 5 aliphatic rings.